The molecule has 0 saturated carbocycles. The molecule has 190 valence electrons. The summed E-state index contributed by atoms with van der Waals surface area (Å²) in [4.78, 5) is 28.7. The summed E-state index contributed by atoms with van der Waals surface area (Å²) < 4.78 is 7.54. The third-order valence-electron chi connectivity index (χ3n) is 5.78. The Hall–Kier alpha value is -2.35. The van der Waals surface area contributed by atoms with E-state index in [2.05, 4.69) is 37.2 Å². The van der Waals surface area contributed by atoms with Gasteiger partial charge in [-0.25, -0.2) is 0 Å². The van der Waals surface area contributed by atoms with Crippen LogP contribution in [0.1, 0.15) is 31.4 Å². The van der Waals surface area contributed by atoms with Crippen LogP contribution in [0.15, 0.2) is 81.7 Å². The maximum Gasteiger partial charge on any atom is 0.261 e. The second kappa shape index (κ2) is 13.8. The molecule has 0 saturated heterocycles. The number of ether oxygens (including phenoxy) is 1. The van der Waals surface area contributed by atoms with E-state index in [-0.39, 0.29) is 31.0 Å². The van der Waals surface area contributed by atoms with Gasteiger partial charge in [-0.2, -0.15) is 0 Å². The maximum atomic E-state index is 13.6. The van der Waals surface area contributed by atoms with Crippen LogP contribution < -0.4 is 10.1 Å². The van der Waals surface area contributed by atoms with Gasteiger partial charge in [-0.1, -0.05) is 92.8 Å². The van der Waals surface area contributed by atoms with E-state index in [0.717, 1.165) is 26.5 Å². The highest BCUT2D eigenvalue weighted by Crippen LogP contribution is 2.28. The first-order valence-corrected chi connectivity index (χ1v) is 13.7. The summed E-state index contributed by atoms with van der Waals surface area (Å²) in [6, 6.07) is 21.9. The number of nitrogens with zero attached hydrogens (tertiary/aromatic N) is 1. The Balaban J connectivity index is 1.91. The summed E-state index contributed by atoms with van der Waals surface area (Å²) in [5.74, 6) is -0.0991. The quantitative estimate of drug-likeness (QED) is 0.252. The number of carbonyl (C=O) groups is 2. The van der Waals surface area contributed by atoms with Crippen molar-refractivity contribution in [2.24, 2.45) is 0 Å². The van der Waals surface area contributed by atoms with Gasteiger partial charge in [0.05, 0.1) is 5.02 Å². The van der Waals surface area contributed by atoms with Gasteiger partial charge in [0, 0.05) is 28.0 Å². The zero-order chi connectivity index (χ0) is 26.1. The average Bonchev–Trinajstić information content (AvgIpc) is 2.87. The lowest BCUT2D eigenvalue weighted by Crippen LogP contribution is -2.53. The molecule has 3 aromatic rings. The summed E-state index contributed by atoms with van der Waals surface area (Å²) in [7, 11) is 0. The molecule has 8 heteroatoms. The van der Waals surface area contributed by atoms with Crippen LogP contribution in [0.3, 0.4) is 0 Å². The molecule has 0 heterocycles. The lowest BCUT2D eigenvalue weighted by atomic mass is 10.0. The number of carbonyl (C=O) groups excluding carboxylic acids is 2. The van der Waals surface area contributed by atoms with Crippen LogP contribution in [0.25, 0.3) is 0 Å². The SMILES string of the molecule is CC[C@@H](C)NC(=O)[C@H](Cc1ccccc1)N(Cc1ccc(Br)cc1)C(=O)COc1ccc(Br)cc1Cl. The van der Waals surface area contributed by atoms with E-state index in [1.165, 1.54) is 0 Å². The van der Waals surface area contributed by atoms with Crippen molar-refractivity contribution in [1.82, 2.24) is 10.2 Å². The third-order valence-corrected chi connectivity index (χ3v) is 7.10. The molecule has 1 N–H and O–H groups in total. The van der Waals surface area contributed by atoms with Gasteiger partial charge in [0.25, 0.3) is 5.91 Å². The number of nitrogens with one attached hydrogen (secondary N) is 1. The Morgan fingerprint density at radius 2 is 1.64 bits per heavy atom. The first kappa shape index (κ1) is 28.2. The minimum absolute atomic E-state index is 0.0155. The lowest BCUT2D eigenvalue weighted by Gasteiger charge is -2.32. The molecule has 0 bridgehead atoms. The summed E-state index contributed by atoms with van der Waals surface area (Å²) >= 11 is 13.1. The predicted octanol–water partition coefficient (Wildman–Crippen LogP) is 6.80. The number of hydrogen-bond donors (Lipinski definition) is 1. The summed E-state index contributed by atoms with van der Waals surface area (Å²) in [6.45, 7) is 3.98. The molecule has 3 aromatic carbocycles. The summed E-state index contributed by atoms with van der Waals surface area (Å²) in [6.07, 6.45) is 1.17. The predicted molar refractivity (Wildman–Crippen MR) is 151 cm³/mol. The Labute approximate surface area is 234 Å². The Morgan fingerprint density at radius 1 is 0.972 bits per heavy atom. The molecule has 0 radical (unpaired) electrons. The molecule has 0 aliphatic heterocycles. The van der Waals surface area contributed by atoms with Crippen LogP contribution in [0.5, 0.6) is 5.75 Å². The van der Waals surface area contributed by atoms with Crippen molar-refractivity contribution in [1.29, 1.82) is 0 Å². The van der Waals surface area contributed by atoms with Crippen molar-refractivity contribution in [3.8, 4) is 5.75 Å². The molecule has 2 amide bonds. The van der Waals surface area contributed by atoms with E-state index in [0.29, 0.717) is 17.2 Å². The molecule has 0 spiro atoms. The van der Waals surface area contributed by atoms with Gasteiger partial charge in [-0.15, -0.1) is 0 Å². The zero-order valence-electron chi connectivity index (χ0n) is 20.2. The minimum Gasteiger partial charge on any atom is -0.482 e. The molecule has 3 rings (SSSR count). The van der Waals surface area contributed by atoms with Gasteiger partial charge < -0.3 is 15.0 Å². The number of halogens is 3. The number of amides is 2. The van der Waals surface area contributed by atoms with E-state index < -0.39 is 6.04 Å². The van der Waals surface area contributed by atoms with Crippen LogP contribution in [-0.2, 0) is 22.6 Å². The van der Waals surface area contributed by atoms with Gasteiger partial charge >= 0.3 is 0 Å². The highest BCUT2D eigenvalue weighted by molar-refractivity contribution is 9.10. The smallest absolute Gasteiger partial charge is 0.261 e. The molecule has 0 aliphatic carbocycles. The van der Waals surface area contributed by atoms with E-state index in [1.54, 1.807) is 23.1 Å². The van der Waals surface area contributed by atoms with Crippen molar-refractivity contribution >= 4 is 55.3 Å². The van der Waals surface area contributed by atoms with Gasteiger partial charge in [0.2, 0.25) is 5.91 Å². The highest BCUT2D eigenvalue weighted by atomic mass is 79.9. The molecule has 0 aromatic heterocycles. The van der Waals surface area contributed by atoms with Crippen molar-refractivity contribution in [3.63, 3.8) is 0 Å². The summed E-state index contributed by atoms with van der Waals surface area (Å²) in [5.41, 5.74) is 1.87. The molecule has 0 aliphatic rings. The van der Waals surface area contributed by atoms with Crippen molar-refractivity contribution < 1.29 is 14.3 Å². The topological polar surface area (TPSA) is 58.6 Å². The van der Waals surface area contributed by atoms with E-state index in [1.807, 2.05) is 68.4 Å². The Kier molecular flexibility index (Phi) is 10.8. The fourth-order valence-electron chi connectivity index (χ4n) is 3.60. The van der Waals surface area contributed by atoms with Crippen LogP contribution >= 0.6 is 43.5 Å². The Morgan fingerprint density at radius 3 is 2.28 bits per heavy atom. The first-order valence-electron chi connectivity index (χ1n) is 11.7. The van der Waals surface area contributed by atoms with Crippen LogP contribution in [-0.4, -0.2) is 35.4 Å². The molecule has 5 nitrogen and oxygen atoms in total. The fourth-order valence-corrected chi connectivity index (χ4v) is 4.59. The molecule has 2 atom stereocenters. The fraction of sp³-hybridized carbons (Fsp3) is 0.286. The van der Waals surface area contributed by atoms with E-state index >= 15 is 0 Å². The van der Waals surface area contributed by atoms with Crippen LogP contribution in [0, 0.1) is 0 Å². The van der Waals surface area contributed by atoms with Crippen LogP contribution in [0.2, 0.25) is 5.02 Å². The van der Waals surface area contributed by atoms with Gasteiger partial charge in [-0.3, -0.25) is 9.59 Å². The number of hydrogen-bond acceptors (Lipinski definition) is 3. The van der Waals surface area contributed by atoms with E-state index in [9.17, 15) is 9.59 Å². The molecule has 0 unspecified atom stereocenters. The lowest BCUT2D eigenvalue weighted by molar-refractivity contribution is -0.143. The summed E-state index contributed by atoms with van der Waals surface area (Å²) in [5, 5.41) is 3.46. The molecule has 0 fully saturated rings. The normalized spacial score (nSPS) is 12.5. The molecular weight excluding hydrogens is 608 g/mol. The monoisotopic (exact) mass is 634 g/mol. The standard InChI is InChI=1S/C28H29Br2ClN2O3/c1-3-19(2)32-28(35)25(15-20-7-5-4-6-8-20)33(17-21-9-11-22(29)12-10-21)27(34)18-36-26-14-13-23(30)16-24(26)31/h4-14,16,19,25H,3,15,17-18H2,1-2H3,(H,32,35)/t19-,25+/m1/s1. The Bertz CT molecular complexity index is 1160. The minimum atomic E-state index is -0.721. The third kappa shape index (κ3) is 8.36. The average molecular weight is 637 g/mol. The second-order valence-corrected chi connectivity index (χ2v) is 10.8. The number of benzene rings is 3. The first-order chi connectivity index (χ1) is 17.3. The second-order valence-electron chi connectivity index (χ2n) is 8.53. The highest BCUT2D eigenvalue weighted by Gasteiger charge is 2.31. The van der Waals surface area contributed by atoms with Gasteiger partial charge in [0.15, 0.2) is 6.61 Å². The zero-order valence-corrected chi connectivity index (χ0v) is 24.1. The number of rotatable bonds is 11. The molecule has 36 heavy (non-hydrogen) atoms. The largest absolute Gasteiger partial charge is 0.482 e. The van der Waals surface area contributed by atoms with Crippen molar-refractivity contribution in [3.05, 3.63) is 97.9 Å². The molecular formula is C28H29Br2ClN2O3. The van der Waals surface area contributed by atoms with Crippen LogP contribution in [0.4, 0.5) is 0 Å². The van der Waals surface area contributed by atoms with Crippen molar-refractivity contribution in [2.45, 2.75) is 45.3 Å². The van der Waals surface area contributed by atoms with Gasteiger partial charge in [0.1, 0.15) is 11.8 Å². The van der Waals surface area contributed by atoms with Gasteiger partial charge in [-0.05, 0) is 54.8 Å². The van der Waals surface area contributed by atoms with E-state index in [4.69, 9.17) is 16.3 Å². The van der Waals surface area contributed by atoms with Crippen molar-refractivity contribution in [2.75, 3.05) is 6.61 Å². The maximum absolute atomic E-state index is 13.6.